The van der Waals surface area contributed by atoms with Crippen LogP contribution in [0, 0.1) is 0 Å². The van der Waals surface area contributed by atoms with E-state index >= 15 is 0 Å². The maximum absolute atomic E-state index is 13.9. The molecule has 2 aromatic carbocycles. The molecule has 0 radical (unpaired) electrons. The summed E-state index contributed by atoms with van der Waals surface area (Å²) < 4.78 is 5.34. The fourth-order valence-corrected chi connectivity index (χ4v) is 5.05. The maximum Gasteiger partial charge on any atom is 0.409 e. The van der Waals surface area contributed by atoms with Crippen molar-refractivity contribution in [2.75, 3.05) is 52.9 Å². The van der Waals surface area contributed by atoms with Gasteiger partial charge in [0.2, 0.25) is 5.91 Å². The summed E-state index contributed by atoms with van der Waals surface area (Å²) in [6.07, 6.45) is 2.63. The van der Waals surface area contributed by atoms with Crippen LogP contribution in [-0.2, 0) is 9.53 Å². The minimum absolute atomic E-state index is 0.0543. The van der Waals surface area contributed by atoms with Gasteiger partial charge in [0.1, 0.15) is 0 Å². The lowest BCUT2D eigenvalue weighted by Crippen LogP contribution is -2.56. The molecule has 7 heteroatoms. The average Bonchev–Trinajstić information content (AvgIpc) is 2.86. The largest absolute Gasteiger partial charge is 0.449 e. The highest BCUT2D eigenvalue weighted by Crippen LogP contribution is 2.39. The van der Waals surface area contributed by atoms with Crippen LogP contribution < -0.4 is 0 Å². The van der Waals surface area contributed by atoms with Gasteiger partial charge < -0.3 is 24.5 Å². The second kappa shape index (κ2) is 10.7. The smallest absolute Gasteiger partial charge is 0.409 e. The lowest BCUT2D eigenvalue weighted by atomic mass is 9.74. The van der Waals surface area contributed by atoms with E-state index in [2.05, 4.69) is 24.0 Å². The average molecular weight is 468 g/mol. The molecule has 2 aliphatic rings. The molecule has 1 unspecified atom stereocenters. The molecule has 2 aliphatic heterocycles. The third-order valence-electron chi connectivity index (χ3n) is 7.32. The highest BCUT2D eigenvalue weighted by molar-refractivity contribution is 5.89. The molecule has 34 heavy (non-hydrogen) atoms. The van der Waals surface area contributed by atoms with Crippen molar-refractivity contribution < 1.29 is 19.4 Å². The number of piperazine rings is 1. The molecule has 2 aromatic rings. The third kappa shape index (κ3) is 5.36. The van der Waals surface area contributed by atoms with Crippen molar-refractivity contribution in [1.29, 1.82) is 0 Å². The van der Waals surface area contributed by atoms with E-state index in [-0.39, 0.29) is 12.0 Å². The number of benzene rings is 2. The Kier molecular flexibility index (Phi) is 7.73. The van der Waals surface area contributed by atoms with Crippen molar-refractivity contribution in [3.63, 3.8) is 0 Å². The lowest BCUT2D eigenvalue weighted by molar-refractivity contribution is -0.144. The molecule has 184 valence electrons. The molecule has 0 saturated carbocycles. The number of likely N-dealkylation sites (tertiary alicyclic amines) is 1. The van der Waals surface area contributed by atoms with Crippen LogP contribution in [0.1, 0.15) is 44.1 Å². The van der Waals surface area contributed by atoms with Crippen molar-refractivity contribution in [2.24, 2.45) is 0 Å². The highest BCUT2D eigenvalue weighted by atomic mass is 16.6. The number of aliphatic hydroxyl groups is 1. The Morgan fingerprint density at radius 1 is 0.971 bits per heavy atom. The van der Waals surface area contributed by atoms with Gasteiger partial charge in [0.15, 0.2) is 0 Å². The predicted molar refractivity (Wildman–Crippen MR) is 133 cm³/mol. The number of carbonyl (C=O) groups is 2. The molecule has 0 bridgehead atoms. The van der Waals surface area contributed by atoms with Gasteiger partial charge in [-0.15, -0.1) is 0 Å². The SMILES string of the molecule is CCCCOC(=O)N1CCN(C(=O)C(c2ccc3ccccc3c2)C2(O)CCN(C)CC2)CC1. The molecule has 0 aromatic heterocycles. The van der Waals surface area contributed by atoms with Crippen LogP contribution >= 0.6 is 0 Å². The molecule has 2 heterocycles. The third-order valence-corrected chi connectivity index (χ3v) is 7.32. The Morgan fingerprint density at radius 3 is 2.29 bits per heavy atom. The van der Waals surface area contributed by atoms with E-state index < -0.39 is 11.5 Å². The van der Waals surface area contributed by atoms with E-state index in [9.17, 15) is 14.7 Å². The van der Waals surface area contributed by atoms with E-state index in [1.165, 1.54) is 0 Å². The summed E-state index contributed by atoms with van der Waals surface area (Å²) >= 11 is 0. The normalized spacial score (nSPS) is 19.7. The van der Waals surface area contributed by atoms with Gasteiger partial charge in [0.25, 0.3) is 0 Å². The molecule has 1 atom stereocenters. The van der Waals surface area contributed by atoms with E-state index in [1.54, 1.807) is 4.90 Å². The van der Waals surface area contributed by atoms with Gasteiger partial charge >= 0.3 is 6.09 Å². The van der Waals surface area contributed by atoms with Crippen LogP contribution in [0.4, 0.5) is 4.79 Å². The lowest BCUT2D eigenvalue weighted by Gasteiger charge is -2.44. The minimum atomic E-state index is -1.09. The maximum atomic E-state index is 13.9. The van der Waals surface area contributed by atoms with Crippen LogP contribution in [-0.4, -0.2) is 90.3 Å². The van der Waals surface area contributed by atoms with Gasteiger partial charge in [-0.2, -0.15) is 0 Å². The summed E-state index contributed by atoms with van der Waals surface area (Å²) in [4.78, 5) is 31.9. The fourth-order valence-electron chi connectivity index (χ4n) is 5.05. The van der Waals surface area contributed by atoms with Crippen molar-refractivity contribution in [3.8, 4) is 0 Å². The summed E-state index contributed by atoms with van der Waals surface area (Å²) in [6, 6.07) is 14.2. The van der Waals surface area contributed by atoms with Crippen molar-refractivity contribution in [2.45, 2.75) is 44.1 Å². The summed E-state index contributed by atoms with van der Waals surface area (Å²) in [5.74, 6) is -0.685. The number of fused-ring (bicyclic) bond motifs is 1. The fraction of sp³-hybridized carbons (Fsp3) is 0.556. The number of carbonyl (C=O) groups excluding carboxylic acids is 2. The Bertz CT molecular complexity index is 994. The topological polar surface area (TPSA) is 73.3 Å². The predicted octanol–water partition coefficient (Wildman–Crippen LogP) is 3.46. The first-order valence-electron chi connectivity index (χ1n) is 12.5. The van der Waals surface area contributed by atoms with Crippen LogP contribution in [0.2, 0.25) is 0 Å². The molecular weight excluding hydrogens is 430 g/mol. The zero-order valence-corrected chi connectivity index (χ0v) is 20.4. The zero-order chi connectivity index (χ0) is 24.1. The molecule has 2 saturated heterocycles. The van der Waals surface area contributed by atoms with E-state index in [4.69, 9.17) is 4.74 Å². The summed E-state index contributed by atoms with van der Waals surface area (Å²) in [6.45, 7) is 5.78. The number of ether oxygens (including phenoxy) is 1. The van der Waals surface area contributed by atoms with Crippen LogP contribution in [0.3, 0.4) is 0 Å². The number of nitrogens with zero attached hydrogens (tertiary/aromatic N) is 3. The highest BCUT2D eigenvalue weighted by Gasteiger charge is 2.46. The molecule has 2 amide bonds. The van der Waals surface area contributed by atoms with E-state index in [0.717, 1.165) is 42.3 Å². The molecule has 1 N–H and O–H groups in total. The Morgan fingerprint density at radius 2 is 1.62 bits per heavy atom. The molecule has 4 rings (SSSR count). The van der Waals surface area contributed by atoms with Gasteiger partial charge in [0.05, 0.1) is 18.1 Å². The summed E-state index contributed by atoms with van der Waals surface area (Å²) in [5, 5.41) is 14.0. The number of piperidine rings is 1. The first kappa shape index (κ1) is 24.5. The van der Waals surface area contributed by atoms with Gasteiger partial charge in [0, 0.05) is 39.3 Å². The molecule has 0 aliphatic carbocycles. The van der Waals surface area contributed by atoms with Crippen LogP contribution in [0.15, 0.2) is 42.5 Å². The first-order valence-corrected chi connectivity index (χ1v) is 12.5. The Hall–Kier alpha value is -2.64. The van der Waals surface area contributed by atoms with Crippen molar-refractivity contribution in [3.05, 3.63) is 48.0 Å². The molecule has 2 fully saturated rings. The van der Waals surface area contributed by atoms with Crippen molar-refractivity contribution in [1.82, 2.24) is 14.7 Å². The van der Waals surface area contributed by atoms with Crippen molar-refractivity contribution >= 4 is 22.8 Å². The monoisotopic (exact) mass is 467 g/mol. The van der Waals surface area contributed by atoms with Gasteiger partial charge in [-0.25, -0.2) is 4.79 Å². The molecular formula is C27H37N3O4. The number of rotatable bonds is 6. The van der Waals surface area contributed by atoms with E-state index in [0.29, 0.717) is 45.6 Å². The van der Waals surface area contributed by atoms with Crippen LogP contribution in [0.25, 0.3) is 10.8 Å². The summed E-state index contributed by atoms with van der Waals surface area (Å²) in [5.41, 5.74) is -0.236. The Labute approximate surface area is 202 Å². The van der Waals surface area contributed by atoms with Gasteiger partial charge in [-0.1, -0.05) is 55.8 Å². The first-order chi connectivity index (χ1) is 16.4. The standard InChI is InChI=1S/C27H37N3O4/c1-3-4-19-34-26(32)30-17-15-29(16-18-30)25(31)24(27(33)11-13-28(2)14-12-27)23-10-9-21-7-5-6-8-22(21)20-23/h5-10,20,24,33H,3-4,11-19H2,1-2H3. The second-order valence-electron chi connectivity index (χ2n) is 9.73. The summed E-state index contributed by atoms with van der Waals surface area (Å²) in [7, 11) is 2.05. The van der Waals surface area contributed by atoms with Crippen LogP contribution in [0.5, 0.6) is 0 Å². The number of hydrogen-bond donors (Lipinski definition) is 1. The zero-order valence-electron chi connectivity index (χ0n) is 20.4. The quantitative estimate of drug-likeness (QED) is 0.659. The van der Waals surface area contributed by atoms with Gasteiger partial charge in [-0.05, 0) is 42.6 Å². The van der Waals surface area contributed by atoms with E-state index in [1.807, 2.05) is 42.3 Å². The second-order valence-corrected chi connectivity index (χ2v) is 9.73. The number of hydrogen-bond acceptors (Lipinski definition) is 5. The number of amides is 2. The molecule has 7 nitrogen and oxygen atoms in total. The minimum Gasteiger partial charge on any atom is -0.449 e. The Balaban J connectivity index is 1.53. The number of unbranched alkanes of at least 4 members (excludes halogenated alkanes) is 1. The molecule has 0 spiro atoms. The van der Waals surface area contributed by atoms with Gasteiger partial charge in [-0.3, -0.25) is 4.79 Å².